The third-order valence-corrected chi connectivity index (χ3v) is 3.51. The number of methoxy groups -OCH3 is 1. The van der Waals surface area contributed by atoms with E-state index in [1.165, 1.54) is 20.3 Å². The molecule has 7 nitrogen and oxygen atoms in total. The van der Waals surface area contributed by atoms with Crippen LogP contribution in [0.4, 0.5) is 18.0 Å². The quantitative estimate of drug-likeness (QED) is 0.798. The van der Waals surface area contributed by atoms with E-state index in [0.29, 0.717) is 9.75 Å². The lowest BCUT2D eigenvalue weighted by Gasteiger charge is -2.16. The highest BCUT2D eigenvalue weighted by molar-refractivity contribution is 7.15. The normalized spacial score (nSPS) is 11.5. The van der Waals surface area contributed by atoms with Crippen molar-refractivity contribution >= 4 is 17.4 Å². The van der Waals surface area contributed by atoms with Gasteiger partial charge in [-0.3, -0.25) is 4.84 Å². The van der Waals surface area contributed by atoms with Crippen molar-refractivity contribution in [2.45, 2.75) is 12.7 Å². The number of hydroxylamine groups is 2. The monoisotopic (exact) mass is 337 g/mol. The van der Waals surface area contributed by atoms with Crippen molar-refractivity contribution in [1.29, 1.82) is 0 Å². The standard InChI is InChI=1S/C11H10F3N3O4S/c1-19-10(18)17(20-2)5-6-3-4-7(22-6)8-15-9(21-16-8)11(12,13)14/h3-4H,5H2,1-2H3. The highest BCUT2D eigenvalue weighted by Crippen LogP contribution is 2.32. The molecule has 0 fully saturated rings. The zero-order valence-electron chi connectivity index (χ0n) is 11.4. The molecule has 0 N–H and O–H groups in total. The van der Waals surface area contributed by atoms with Gasteiger partial charge >= 0.3 is 18.2 Å². The van der Waals surface area contributed by atoms with Crippen molar-refractivity contribution in [1.82, 2.24) is 15.2 Å². The smallest absolute Gasteiger partial charge is 0.451 e. The van der Waals surface area contributed by atoms with Crippen LogP contribution < -0.4 is 0 Å². The first-order valence-corrected chi connectivity index (χ1v) is 6.56. The fourth-order valence-electron chi connectivity index (χ4n) is 1.47. The van der Waals surface area contributed by atoms with Crippen LogP contribution >= 0.6 is 11.3 Å². The molecule has 0 aliphatic rings. The minimum atomic E-state index is -4.69. The number of alkyl halides is 3. The van der Waals surface area contributed by atoms with E-state index in [1.807, 2.05) is 0 Å². The van der Waals surface area contributed by atoms with Gasteiger partial charge in [0.15, 0.2) is 0 Å². The number of rotatable bonds is 4. The molecule has 0 saturated heterocycles. The number of hydrogen-bond donors (Lipinski definition) is 0. The number of halogens is 3. The molecule has 0 atom stereocenters. The molecular weight excluding hydrogens is 327 g/mol. The first-order chi connectivity index (χ1) is 10.3. The minimum absolute atomic E-state index is 0.0673. The number of carbonyl (C=O) groups excluding carboxylic acids is 1. The molecule has 0 aliphatic carbocycles. The van der Waals surface area contributed by atoms with Crippen molar-refractivity contribution < 1.29 is 32.1 Å². The molecule has 0 saturated carbocycles. The molecule has 120 valence electrons. The van der Waals surface area contributed by atoms with Gasteiger partial charge in [0.05, 0.1) is 25.6 Å². The van der Waals surface area contributed by atoms with Crippen LogP contribution in [0.25, 0.3) is 10.7 Å². The van der Waals surface area contributed by atoms with Crippen LogP contribution in [0.3, 0.4) is 0 Å². The van der Waals surface area contributed by atoms with Crippen LogP contribution in [0, 0.1) is 0 Å². The highest BCUT2D eigenvalue weighted by atomic mass is 32.1. The zero-order valence-corrected chi connectivity index (χ0v) is 12.2. The fraction of sp³-hybridized carbons (Fsp3) is 0.364. The first kappa shape index (κ1) is 16.2. The van der Waals surface area contributed by atoms with Crippen molar-refractivity contribution in [3.8, 4) is 10.7 Å². The van der Waals surface area contributed by atoms with E-state index in [-0.39, 0.29) is 12.4 Å². The highest BCUT2D eigenvalue weighted by Gasteiger charge is 2.38. The molecule has 1 amide bonds. The molecule has 0 radical (unpaired) electrons. The number of carbonyl (C=O) groups is 1. The van der Waals surface area contributed by atoms with E-state index in [4.69, 9.17) is 4.84 Å². The maximum absolute atomic E-state index is 12.4. The molecule has 2 heterocycles. The summed E-state index contributed by atoms with van der Waals surface area (Å²) in [7, 11) is 2.49. The predicted octanol–water partition coefficient (Wildman–Crippen LogP) is 2.95. The summed E-state index contributed by atoms with van der Waals surface area (Å²) in [6.45, 7) is 0.0673. The number of nitrogens with zero attached hydrogens (tertiary/aromatic N) is 3. The van der Waals surface area contributed by atoms with Crippen LogP contribution in [0.15, 0.2) is 16.7 Å². The minimum Gasteiger partial charge on any atom is -0.451 e. The average molecular weight is 337 g/mol. The lowest BCUT2D eigenvalue weighted by molar-refractivity contribution is -0.159. The number of amides is 1. The van der Waals surface area contributed by atoms with E-state index >= 15 is 0 Å². The van der Waals surface area contributed by atoms with Crippen molar-refractivity contribution in [2.24, 2.45) is 0 Å². The van der Waals surface area contributed by atoms with E-state index in [2.05, 4.69) is 19.4 Å². The molecule has 2 aromatic heterocycles. The molecule has 0 aliphatic heterocycles. The van der Waals surface area contributed by atoms with Gasteiger partial charge in [0.25, 0.3) is 0 Å². The summed E-state index contributed by atoms with van der Waals surface area (Å²) in [5.74, 6) is -1.59. The topological polar surface area (TPSA) is 77.7 Å². The summed E-state index contributed by atoms with van der Waals surface area (Å²) in [6.07, 6.45) is -5.39. The van der Waals surface area contributed by atoms with Gasteiger partial charge in [-0.2, -0.15) is 23.2 Å². The summed E-state index contributed by atoms with van der Waals surface area (Å²) < 4.78 is 45.9. The second kappa shape index (κ2) is 6.32. The Bertz CT molecular complexity index is 655. The fourth-order valence-corrected chi connectivity index (χ4v) is 2.38. The Morgan fingerprint density at radius 3 is 2.68 bits per heavy atom. The summed E-state index contributed by atoms with van der Waals surface area (Å²) in [5, 5.41) is 4.24. The van der Waals surface area contributed by atoms with Gasteiger partial charge in [-0.15, -0.1) is 11.3 Å². The number of hydrogen-bond acceptors (Lipinski definition) is 7. The third kappa shape index (κ3) is 3.54. The molecule has 0 spiro atoms. The number of aromatic nitrogens is 2. The van der Waals surface area contributed by atoms with Crippen molar-refractivity contribution in [2.75, 3.05) is 14.2 Å². The van der Waals surface area contributed by atoms with Gasteiger partial charge < -0.3 is 9.26 Å². The second-order valence-corrected chi connectivity index (χ2v) is 5.04. The van der Waals surface area contributed by atoms with Crippen molar-refractivity contribution in [3.63, 3.8) is 0 Å². The van der Waals surface area contributed by atoms with E-state index in [1.54, 1.807) is 6.07 Å². The zero-order chi connectivity index (χ0) is 16.3. The Labute approximate surface area is 126 Å². The largest absolute Gasteiger partial charge is 0.471 e. The number of thiophene rings is 1. The maximum atomic E-state index is 12.4. The summed E-state index contributed by atoms with van der Waals surface area (Å²) in [6, 6.07) is 3.13. The molecule has 0 aromatic carbocycles. The third-order valence-electron chi connectivity index (χ3n) is 2.45. The van der Waals surface area contributed by atoms with E-state index < -0.39 is 18.2 Å². The summed E-state index contributed by atoms with van der Waals surface area (Å²) >= 11 is 1.10. The molecule has 22 heavy (non-hydrogen) atoms. The van der Waals surface area contributed by atoms with E-state index in [9.17, 15) is 18.0 Å². The molecule has 0 unspecified atom stereocenters. The Kier molecular flexibility index (Phi) is 4.66. The lowest BCUT2D eigenvalue weighted by Crippen LogP contribution is -2.28. The van der Waals surface area contributed by atoms with Gasteiger partial charge in [-0.05, 0) is 12.1 Å². The molecule has 2 aromatic rings. The summed E-state index contributed by atoms with van der Waals surface area (Å²) in [5.41, 5.74) is 0. The molecule has 11 heteroatoms. The van der Waals surface area contributed by atoms with Gasteiger partial charge in [0.2, 0.25) is 5.82 Å². The van der Waals surface area contributed by atoms with Gasteiger partial charge in [0, 0.05) is 4.88 Å². The van der Waals surface area contributed by atoms with Crippen molar-refractivity contribution in [3.05, 3.63) is 22.9 Å². The van der Waals surface area contributed by atoms with Crippen LogP contribution in [-0.4, -0.2) is 35.5 Å². The van der Waals surface area contributed by atoms with Gasteiger partial charge in [0.1, 0.15) is 0 Å². The first-order valence-electron chi connectivity index (χ1n) is 5.74. The Balaban J connectivity index is 2.14. The maximum Gasteiger partial charge on any atom is 0.471 e. The van der Waals surface area contributed by atoms with Gasteiger partial charge in [-0.1, -0.05) is 5.16 Å². The van der Waals surface area contributed by atoms with Crippen LogP contribution in [0.5, 0.6) is 0 Å². The Morgan fingerprint density at radius 2 is 2.14 bits per heavy atom. The second-order valence-electron chi connectivity index (χ2n) is 3.88. The lowest BCUT2D eigenvalue weighted by atomic mass is 10.4. The molecule has 2 rings (SSSR count). The van der Waals surface area contributed by atoms with E-state index in [0.717, 1.165) is 16.4 Å². The molecule has 0 bridgehead atoms. The van der Waals surface area contributed by atoms with Gasteiger partial charge in [-0.25, -0.2) is 4.79 Å². The van der Waals surface area contributed by atoms with Crippen LogP contribution in [0.2, 0.25) is 0 Å². The SMILES string of the molecule is COC(=O)N(Cc1ccc(-c2noc(C(F)(F)F)n2)s1)OC. The molecular formula is C11H10F3N3O4S. The Morgan fingerprint density at radius 1 is 1.41 bits per heavy atom. The predicted molar refractivity (Wildman–Crippen MR) is 67.6 cm³/mol. The summed E-state index contributed by atoms with van der Waals surface area (Å²) in [4.78, 5) is 20.5. The van der Waals surface area contributed by atoms with Crippen LogP contribution in [-0.2, 0) is 22.3 Å². The number of ether oxygens (including phenoxy) is 1. The average Bonchev–Trinajstić information content (AvgIpc) is 3.11. The van der Waals surface area contributed by atoms with Crippen LogP contribution in [0.1, 0.15) is 10.8 Å². The Hall–Kier alpha value is -2.14.